The van der Waals surface area contributed by atoms with Crippen molar-refractivity contribution in [3.63, 3.8) is 0 Å². The quantitative estimate of drug-likeness (QED) is 0.845. The van der Waals surface area contributed by atoms with Crippen LogP contribution < -0.4 is 5.32 Å². The molecule has 1 N–H and O–H groups in total. The fourth-order valence-corrected chi connectivity index (χ4v) is 3.51. The number of carbonyl (C=O) groups excluding carboxylic acids is 2. The van der Waals surface area contributed by atoms with Gasteiger partial charge in [0, 0.05) is 39.3 Å². The van der Waals surface area contributed by atoms with E-state index in [0.29, 0.717) is 6.54 Å². The van der Waals surface area contributed by atoms with Gasteiger partial charge in [0.15, 0.2) is 0 Å². The Labute approximate surface area is 157 Å². The Bertz CT molecular complexity index is 698. The van der Waals surface area contributed by atoms with E-state index in [9.17, 15) is 9.59 Å². The molecule has 1 aromatic carbocycles. The van der Waals surface area contributed by atoms with Gasteiger partial charge >= 0.3 is 6.09 Å². The number of alkyl carbamates (subject to hydrolysis) is 1. The minimum atomic E-state index is -0.402. The van der Waals surface area contributed by atoms with Crippen molar-refractivity contribution in [3.05, 3.63) is 58.3 Å². The number of hydrogen-bond donors (Lipinski definition) is 1. The van der Waals surface area contributed by atoms with Gasteiger partial charge in [0.2, 0.25) is 0 Å². The van der Waals surface area contributed by atoms with Gasteiger partial charge < -0.3 is 15.0 Å². The molecule has 0 radical (unpaired) electrons. The summed E-state index contributed by atoms with van der Waals surface area (Å²) in [4.78, 5) is 29.0. The summed E-state index contributed by atoms with van der Waals surface area (Å²) in [6, 6.07) is 13.4. The third-order valence-electron chi connectivity index (χ3n) is 4.30. The molecule has 7 heteroatoms. The van der Waals surface area contributed by atoms with Crippen LogP contribution in [0.25, 0.3) is 0 Å². The molecule has 1 fully saturated rings. The molecule has 2 aromatic rings. The number of carbonyl (C=O) groups is 2. The molecule has 1 aliphatic rings. The fraction of sp³-hybridized carbons (Fsp3) is 0.368. The number of ether oxygens (including phenoxy) is 1. The highest BCUT2D eigenvalue weighted by Crippen LogP contribution is 2.13. The summed E-state index contributed by atoms with van der Waals surface area (Å²) in [6.07, 6.45) is -0.402. The largest absolute Gasteiger partial charge is 0.445 e. The van der Waals surface area contributed by atoms with Crippen molar-refractivity contribution in [1.82, 2.24) is 15.1 Å². The monoisotopic (exact) mass is 373 g/mol. The smallest absolute Gasteiger partial charge is 0.407 e. The first-order valence-electron chi connectivity index (χ1n) is 8.72. The number of nitrogens with one attached hydrogen (secondary N) is 1. The number of rotatable bonds is 6. The maximum atomic E-state index is 12.3. The summed E-state index contributed by atoms with van der Waals surface area (Å²) in [5.41, 5.74) is 0.967. The summed E-state index contributed by atoms with van der Waals surface area (Å²) in [5, 5.41) is 4.70. The van der Waals surface area contributed by atoms with Crippen molar-refractivity contribution in [2.75, 3.05) is 39.3 Å². The van der Waals surface area contributed by atoms with Gasteiger partial charge in [-0.1, -0.05) is 36.4 Å². The highest BCUT2D eigenvalue weighted by Gasteiger charge is 2.22. The minimum Gasteiger partial charge on any atom is -0.445 e. The minimum absolute atomic E-state index is 0.113. The first-order chi connectivity index (χ1) is 12.7. The number of piperazine rings is 1. The normalized spacial score (nSPS) is 14.8. The average molecular weight is 373 g/mol. The zero-order valence-electron chi connectivity index (χ0n) is 14.6. The average Bonchev–Trinajstić information content (AvgIpc) is 3.22. The second-order valence-electron chi connectivity index (χ2n) is 6.10. The van der Waals surface area contributed by atoms with Gasteiger partial charge in [0.25, 0.3) is 5.91 Å². The topological polar surface area (TPSA) is 61.9 Å². The number of thiophene rings is 1. The van der Waals surface area contributed by atoms with Crippen LogP contribution in [0.5, 0.6) is 0 Å². The van der Waals surface area contributed by atoms with E-state index in [1.807, 2.05) is 52.7 Å². The lowest BCUT2D eigenvalue weighted by molar-refractivity contribution is 0.0643. The van der Waals surface area contributed by atoms with Crippen LogP contribution in [0.15, 0.2) is 47.8 Å². The van der Waals surface area contributed by atoms with Crippen LogP contribution in [0.4, 0.5) is 4.79 Å². The zero-order chi connectivity index (χ0) is 18.2. The van der Waals surface area contributed by atoms with Crippen molar-refractivity contribution < 1.29 is 14.3 Å². The molecular formula is C19H23N3O3S. The van der Waals surface area contributed by atoms with Gasteiger partial charge in [0.05, 0.1) is 4.88 Å². The fourth-order valence-electron chi connectivity index (χ4n) is 2.82. The summed E-state index contributed by atoms with van der Waals surface area (Å²) < 4.78 is 5.19. The molecular weight excluding hydrogens is 350 g/mol. The third-order valence-corrected chi connectivity index (χ3v) is 5.16. The van der Waals surface area contributed by atoms with Crippen molar-refractivity contribution in [2.24, 2.45) is 0 Å². The van der Waals surface area contributed by atoms with E-state index < -0.39 is 6.09 Å². The van der Waals surface area contributed by atoms with Crippen LogP contribution in [-0.2, 0) is 11.3 Å². The summed E-state index contributed by atoms with van der Waals surface area (Å²) in [5.74, 6) is 0.113. The summed E-state index contributed by atoms with van der Waals surface area (Å²) in [6.45, 7) is 4.63. The van der Waals surface area contributed by atoms with Crippen LogP contribution in [0.1, 0.15) is 15.2 Å². The standard InChI is InChI=1S/C19H23N3O3S/c23-18(17-7-4-14-26-17)22-12-10-21(11-13-22)9-8-20-19(24)25-15-16-5-2-1-3-6-16/h1-7,14H,8-13,15H2,(H,20,24). The van der Waals surface area contributed by atoms with Crippen LogP contribution in [0.2, 0.25) is 0 Å². The van der Waals surface area contributed by atoms with E-state index >= 15 is 0 Å². The van der Waals surface area contributed by atoms with E-state index in [2.05, 4.69) is 10.2 Å². The first-order valence-corrected chi connectivity index (χ1v) is 9.60. The zero-order valence-corrected chi connectivity index (χ0v) is 15.4. The Morgan fingerprint density at radius 1 is 1.04 bits per heavy atom. The summed E-state index contributed by atoms with van der Waals surface area (Å²) in [7, 11) is 0. The number of hydrogen-bond acceptors (Lipinski definition) is 5. The Kier molecular flexibility index (Phi) is 6.62. The first kappa shape index (κ1) is 18.4. The van der Waals surface area contributed by atoms with Crippen LogP contribution in [-0.4, -0.2) is 61.1 Å². The number of nitrogens with zero attached hydrogens (tertiary/aromatic N) is 2. The van der Waals surface area contributed by atoms with Gasteiger partial charge in [-0.15, -0.1) is 11.3 Å². The van der Waals surface area contributed by atoms with Crippen molar-refractivity contribution in [3.8, 4) is 0 Å². The second-order valence-corrected chi connectivity index (χ2v) is 7.05. The molecule has 1 aliphatic heterocycles. The van der Waals surface area contributed by atoms with Crippen molar-refractivity contribution >= 4 is 23.3 Å². The van der Waals surface area contributed by atoms with E-state index in [4.69, 9.17) is 4.74 Å². The predicted molar refractivity (Wildman–Crippen MR) is 101 cm³/mol. The molecule has 0 spiro atoms. The van der Waals surface area contributed by atoms with Crippen molar-refractivity contribution in [1.29, 1.82) is 0 Å². The molecule has 3 rings (SSSR count). The molecule has 1 aromatic heterocycles. The lowest BCUT2D eigenvalue weighted by Gasteiger charge is -2.34. The van der Waals surface area contributed by atoms with E-state index in [-0.39, 0.29) is 12.5 Å². The van der Waals surface area contributed by atoms with Crippen molar-refractivity contribution in [2.45, 2.75) is 6.61 Å². The lowest BCUT2D eigenvalue weighted by atomic mass is 10.2. The number of amides is 2. The maximum absolute atomic E-state index is 12.3. The third kappa shape index (κ3) is 5.31. The van der Waals surface area contributed by atoms with Gasteiger partial charge in [-0.2, -0.15) is 0 Å². The molecule has 0 aliphatic carbocycles. The molecule has 2 amide bonds. The molecule has 138 valence electrons. The molecule has 0 saturated carbocycles. The maximum Gasteiger partial charge on any atom is 0.407 e. The SMILES string of the molecule is O=C(NCCN1CCN(C(=O)c2cccs2)CC1)OCc1ccccc1. The van der Waals surface area contributed by atoms with Crippen LogP contribution >= 0.6 is 11.3 Å². The molecule has 26 heavy (non-hydrogen) atoms. The van der Waals surface area contributed by atoms with E-state index in [1.54, 1.807) is 0 Å². The van der Waals surface area contributed by atoms with Gasteiger partial charge in [0.1, 0.15) is 6.61 Å². The Hall–Kier alpha value is -2.38. The predicted octanol–water partition coefficient (Wildman–Crippen LogP) is 2.43. The van der Waals surface area contributed by atoms with E-state index in [0.717, 1.165) is 43.2 Å². The van der Waals surface area contributed by atoms with E-state index in [1.165, 1.54) is 11.3 Å². The highest BCUT2D eigenvalue weighted by atomic mass is 32.1. The van der Waals surface area contributed by atoms with Gasteiger partial charge in [-0.25, -0.2) is 4.79 Å². The Balaban J connectivity index is 1.30. The Morgan fingerprint density at radius 2 is 1.81 bits per heavy atom. The molecule has 0 unspecified atom stereocenters. The van der Waals surface area contributed by atoms with Crippen LogP contribution in [0.3, 0.4) is 0 Å². The highest BCUT2D eigenvalue weighted by molar-refractivity contribution is 7.12. The summed E-state index contributed by atoms with van der Waals surface area (Å²) >= 11 is 1.48. The second kappa shape index (κ2) is 9.35. The number of benzene rings is 1. The van der Waals surface area contributed by atoms with Gasteiger partial charge in [-0.05, 0) is 17.0 Å². The van der Waals surface area contributed by atoms with Crippen LogP contribution in [0, 0.1) is 0 Å². The Morgan fingerprint density at radius 3 is 2.50 bits per heavy atom. The molecule has 0 atom stereocenters. The molecule has 1 saturated heterocycles. The molecule has 2 heterocycles. The lowest BCUT2D eigenvalue weighted by Crippen LogP contribution is -2.50. The van der Waals surface area contributed by atoms with Gasteiger partial charge in [-0.3, -0.25) is 9.69 Å². The molecule has 0 bridgehead atoms. The molecule has 6 nitrogen and oxygen atoms in total.